The maximum Gasteiger partial charge on any atom is 0.226 e. The Morgan fingerprint density at radius 3 is 2.78 bits per heavy atom. The average Bonchev–Trinajstić information content (AvgIpc) is 3.35. The predicted octanol–water partition coefficient (Wildman–Crippen LogP) is 3.70. The van der Waals surface area contributed by atoms with Crippen LogP contribution in [0, 0.1) is 5.92 Å². The van der Waals surface area contributed by atoms with Crippen molar-refractivity contribution in [1.29, 1.82) is 0 Å². The third-order valence-electron chi connectivity index (χ3n) is 5.79. The predicted molar refractivity (Wildman–Crippen MR) is 108 cm³/mol. The van der Waals surface area contributed by atoms with Crippen molar-refractivity contribution < 1.29 is 9.59 Å². The molecule has 4 rings (SSSR count). The number of fused-ring (bicyclic) bond motifs is 1. The van der Waals surface area contributed by atoms with Crippen molar-refractivity contribution in [3.8, 4) is 0 Å². The van der Waals surface area contributed by atoms with Crippen LogP contribution in [-0.2, 0) is 22.4 Å². The number of aryl methyl sites for hydroxylation is 2. The van der Waals surface area contributed by atoms with E-state index in [1.54, 1.807) is 16.2 Å². The highest BCUT2D eigenvalue weighted by Gasteiger charge is 2.34. The molecule has 0 saturated carbocycles. The highest BCUT2D eigenvalue weighted by atomic mass is 32.1. The first-order valence-electron chi connectivity index (χ1n) is 9.89. The molecule has 2 amide bonds. The SMILES string of the molecule is CCN1CC(C(=O)NC(c2ccc3c(c2)CCCC3)c2cccs2)CC1=O. The van der Waals surface area contributed by atoms with Crippen LogP contribution in [0.1, 0.15) is 53.8 Å². The number of hydrogen-bond donors (Lipinski definition) is 1. The molecule has 5 heteroatoms. The topological polar surface area (TPSA) is 49.4 Å². The quantitative estimate of drug-likeness (QED) is 0.857. The smallest absolute Gasteiger partial charge is 0.226 e. The number of nitrogens with zero attached hydrogens (tertiary/aromatic N) is 1. The molecule has 1 N–H and O–H groups in total. The van der Waals surface area contributed by atoms with E-state index in [4.69, 9.17) is 0 Å². The molecule has 1 saturated heterocycles. The number of benzene rings is 1. The summed E-state index contributed by atoms with van der Waals surface area (Å²) in [6, 6.07) is 10.6. The Bertz CT molecular complexity index is 831. The standard InChI is InChI=1S/C22H26N2O2S/c1-2-24-14-18(13-20(24)25)22(26)23-21(19-8-5-11-27-19)17-10-9-15-6-3-4-7-16(15)12-17/h5,8-12,18,21H,2-4,6-7,13-14H2,1H3,(H,23,26). The van der Waals surface area contributed by atoms with Crippen molar-refractivity contribution in [2.75, 3.05) is 13.1 Å². The van der Waals surface area contributed by atoms with Gasteiger partial charge in [0.25, 0.3) is 0 Å². The third kappa shape index (κ3) is 3.79. The minimum absolute atomic E-state index is 0.0181. The number of hydrogen-bond acceptors (Lipinski definition) is 3. The number of thiophene rings is 1. The lowest BCUT2D eigenvalue weighted by Gasteiger charge is -2.23. The molecule has 2 atom stereocenters. The molecule has 2 aromatic rings. The molecule has 0 radical (unpaired) electrons. The van der Waals surface area contributed by atoms with Crippen LogP contribution in [0.25, 0.3) is 0 Å². The molecule has 142 valence electrons. The van der Waals surface area contributed by atoms with Crippen molar-refractivity contribution in [1.82, 2.24) is 10.2 Å². The summed E-state index contributed by atoms with van der Waals surface area (Å²) >= 11 is 1.66. The van der Waals surface area contributed by atoms with Gasteiger partial charge in [-0.15, -0.1) is 11.3 Å². The third-order valence-corrected chi connectivity index (χ3v) is 6.72. The van der Waals surface area contributed by atoms with E-state index in [-0.39, 0.29) is 23.8 Å². The summed E-state index contributed by atoms with van der Waals surface area (Å²) in [5, 5.41) is 5.29. The number of rotatable bonds is 5. The van der Waals surface area contributed by atoms with Gasteiger partial charge >= 0.3 is 0 Å². The van der Waals surface area contributed by atoms with Crippen molar-refractivity contribution in [2.24, 2.45) is 5.92 Å². The van der Waals surface area contributed by atoms with Gasteiger partial charge in [-0.25, -0.2) is 0 Å². The Kier molecular flexibility index (Phi) is 5.30. The number of carbonyl (C=O) groups is 2. The maximum absolute atomic E-state index is 12.9. The number of carbonyl (C=O) groups excluding carboxylic acids is 2. The molecule has 1 fully saturated rings. The lowest BCUT2D eigenvalue weighted by Crippen LogP contribution is -2.35. The Morgan fingerprint density at radius 2 is 2.07 bits per heavy atom. The zero-order chi connectivity index (χ0) is 18.8. The number of likely N-dealkylation sites (tertiary alicyclic amines) is 1. The van der Waals surface area contributed by atoms with Crippen LogP contribution in [0.5, 0.6) is 0 Å². The van der Waals surface area contributed by atoms with Gasteiger partial charge in [-0.3, -0.25) is 9.59 Å². The van der Waals surface area contributed by atoms with Crippen LogP contribution in [0.2, 0.25) is 0 Å². The molecule has 1 aromatic heterocycles. The lowest BCUT2D eigenvalue weighted by atomic mass is 9.89. The van der Waals surface area contributed by atoms with E-state index in [0.717, 1.165) is 23.3 Å². The first-order valence-corrected chi connectivity index (χ1v) is 10.8. The summed E-state index contributed by atoms with van der Waals surface area (Å²) in [6.45, 7) is 3.16. The van der Waals surface area contributed by atoms with E-state index in [2.05, 4.69) is 29.6 Å². The molecule has 1 aliphatic heterocycles. The first-order chi connectivity index (χ1) is 13.2. The molecule has 1 aromatic carbocycles. The van der Waals surface area contributed by atoms with Gasteiger partial charge in [-0.2, -0.15) is 0 Å². The minimum Gasteiger partial charge on any atom is -0.344 e. The van der Waals surface area contributed by atoms with Gasteiger partial charge in [0.15, 0.2) is 0 Å². The Hall–Kier alpha value is -2.14. The Morgan fingerprint density at radius 1 is 1.26 bits per heavy atom. The molecule has 2 unspecified atom stereocenters. The second kappa shape index (κ2) is 7.85. The molecule has 27 heavy (non-hydrogen) atoms. The van der Waals surface area contributed by atoms with E-state index >= 15 is 0 Å². The van der Waals surface area contributed by atoms with Crippen LogP contribution >= 0.6 is 11.3 Å². The fraction of sp³-hybridized carbons (Fsp3) is 0.455. The van der Waals surface area contributed by atoms with Crippen molar-refractivity contribution >= 4 is 23.2 Å². The van der Waals surface area contributed by atoms with Gasteiger partial charge in [0, 0.05) is 24.4 Å². The highest BCUT2D eigenvalue weighted by Crippen LogP contribution is 2.31. The number of nitrogens with one attached hydrogen (secondary N) is 1. The van der Waals surface area contributed by atoms with Crippen LogP contribution in [0.4, 0.5) is 0 Å². The molecule has 0 spiro atoms. The lowest BCUT2D eigenvalue weighted by molar-refractivity contribution is -0.129. The molecule has 2 heterocycles. The van der Waals surface area contributed by atoms with Crippen molar-refractivity contribution in [2.45, 2.75) is 45.1 Å². The molecule has 2 aliphatic rings. The Balaban J connectivity index is 1.57. The normalized spacial score (nSPS) is 20.4. The van der Waals surface area contributed by atoms with Crippen LogP contribution < -0.4 is 5.32 Å². The summed E-state index contributed by atoms with van der Waals surface area (Å²) in [4.78, 5) is 27.8. The van der Waals surface area contributed by atoms with E-state index in [0.29, 0.717) is 19.5 Å². The van der Waals surface area contributed by atoms with Gasteiger partial charge in [0.05, 0.1) is 12.0 Å². The van der Waals surface area contributed by atoms with Gasteiger partial charge in [-0.05, 0) is 60.7 Å². The van der Waals surface area contributed by atoms with E-state index in [9.17, 15) is 9.59 Å². The van der Waals surface area contributed by atoms with Crippen molar-refractivity contribution in [3.63, 3.8) is 0 Å². The zero-order valence-electron chi connectivity index (χ0n) is 15.7. The second-order valence-corrected chi connectivity index (χ2v) is 8.50. The Labute approximate surface area is 164 Å². The maximum atomic E-state index is 12.9. The van der Waals surface area contributed by atoms with E-state index < -0.39 is 0 Å². The largest absolute Gasteiger partial charge is 0.344 e. The first kappa shape index (κ1) is 18.2. The number of amides is 2. The van der Waals surface area contributed by atoms with Gasteiger partial charge in [0.1, 0.15) is 0 Å². The molecule has 0 bridgehead atoms. The minimum atomic E-state index is -0.252. The van der Waals surface area contributed by atoms with Crippen LogP contribution in [0.3, 0.4) is 0 Å². The average molecular weight is 383 g/mol. The van der Waals surface area contributed by atoms with E-state index in [1.807, 2.05) is 18.4 Å². The van der Waals surface area contributed by atoms with E-state index in [1.165, 1.54) is 24.0 Å². The van der Waals surface area contributed by atoms with Crippen molar-refractivity contribution in [3.05, 3.63) is 57.3 Å². The summed E-state index contributed by atoms with van der Waals surface area (Å²) in [5.41, 5.74) is 4.01. The van der Waals surface area contributed by atoms with Gasteiger partial charge in [0.2, 0.25) is 11.8 Å². The molecular formula is C22H26N2O2S. The fourth-order valence-corrected chi connectivity index (χ4v) is 5.02. The summed E-state index contributed by atoms with van der Waals surface area (Å²) in [5.74, 6) is -0.188. The summed E-state index contributed by atoms with van der Waals surface area (Å²) in [7, 11) is 0. The van der Waals surface area contributed by atoms with Crippen LogP contribution in [-0.4, -0.2) is 29.8 Å². The monoisotopic (exact) mass is 382 g/mol. The van der Waals surface area contributed by atoms with Gasteiger partial charge < -0.3 is 10.2 Å². The van der Waals surface area contributed by atoms with Gasteiger partial charge in [-0.1, -0.05) is 24.3 Å². The molecule has 1 aliphatic carbocycles. The zero-order valence-corrected chi connectivity index (χ0v) is 16.6. The highest BCUT2D eigenvalue weighted by molar-refractivity contribution is 7.10. The fourth-order valence-electron chi connectivity index (χ4n) is 4.22. The van der Waals surface area contributed by atoms with Crippen LogP contribution in [0.15, 0.2) is 35.7 Å². The summed E-state index contributed by atoms with van der Waals surface area (Å²) < 4.78 is 0. The summed E-state index contributed by atoms with van der Waals surface area (Å²) in [6.07, 6.45) is 5.10. The second-order valence-electron chi connectivity index (χ2n) is 7.53. The molecule has 4 nitrogen and oxygen atoms in total. The molecular weight excluding hydrogens is 356 g/mol.